The van der Waals surface area contributed by atoms with Crippen LogP contribution in [0.3, 0.4) is 0 Å². The molecular weight excluding hydrogens is 264 g/mol. The molecule has 0 aliphatic rings. The second-order valence-corrected chi connectivity index (χ2v) is 5.00. The molecule has 0 bridgehead atoms. The molecule has 0 fully saturated rings. The summed E-state index contributed by atoms with van der Waals surface area (Å²) in [5.74, 6) is 0.868. The van der Waals surface area contributed by atoms with Crippen molar-refractivity contribution in [2.75, 3.05) is 7.11 Å². The van der Waals surface area contributed by atoms with Crippen molar-refractivity contribution >= 4 is 5.97 Å². The fourth-order valence-electron chi connectivity index (χ4n) is 2.11. The molecule has 0 saturated carbocycles. The van der Waals surface area contributed by atoms with Gasteiger partial charge in [0.1, 0.15) is 0 Å². The zero-order valence-corrected chi connectivity index (χ0v) is 12.7. The number of benzene rings is 2. The highest BCUT2D eigenvalue weighted by Gasteiger charge is 2.14. The quantitative estimate of drug-likeness (QED) is 0.618. The van der Waals surface area contributed by atoms with Crippen LogP contribution >= 0.6 is 0 Å². The van der Waals surface area contributed by atoms with Gasteiger partial charge in [-0.25, -0.2) is 0 Å². The minimum absolute atomic E-state index is 0.245. The number of carbonyl (C=O) groups is 1. The number of hydrogen-bond donors (Lipinski definition) is 0. The van der Waals surface area contributed by atoms with E-state index in [1.807, 2.05) is 56.3 Å². The Morgan fingerprint density at radius 2 is 1.76 bits per heavy atom. The summed E-state index contributed by atoms with van der Waals surface area (Å²) < 4.78 is 10.8. The van der Waals surface area contributed by atoms with Gasteiger partial charge in [0.2, 0.25) is 0 Å². The number of hydrogen-bond acceptors (Lipinski definition) is 3. The third-order valence-corrected chi connectivity index (χ3v) is 3.54. The fraction of sp³-hybridized carbons (Fsp3) is 0.278. The summed E-state index contributed by atoms with van der Waals surface area (Å²) in [5, 5.41) is 0. The predicted octanol–water partition coefficient (Wildman–Crippen LogP) is 3.85. The summed E-state index contributed by atoms with van der Waals surface area (Å²) in [5.41, 5.74) is 3.13. The molecule has 0 atom stereocenters. The van der Waals surface area contributed by atoms with Crippen molar-refractivity contribution < 1.29 is 14.3 Å². The molecule has 2 aromatic rings. The van der Waals surface area contributed by atoms with Crippen LogP contribution in [0.4, 0.5) is 0 Å². The topological polar surface area (TPSA) is 35.5 Å². The number of ether oxygens (including phenoxy) is 2. The van der Waals surface area contributed by atoms with Gasteiger partial charge < -0.3 is 9.47 Å². The lowest BCUT2D eigenvalue weighted by atomic mass is 10.1. The summed E-state index contributed by atoms with van der Waals surface area (Å²) >= 11 is 0. The molecule has 2 aromatic carbocycles. The first-order valence-corrected chi connectivity index (χ1v) is 7.00. The highest BCUT2D eigenvalue weighted by molar-refractivity contribution is 5.74. The van der Waals surface area contributed by atoms with E-state index in [2.05, 4.69) is 0 Å². The largest absolute Gasteiger partial charge is 0.493 e. The zero-order valence-electron chi connectivity index (χ0n) is 12.7. The molecule has 3 nitrogen and oxygen atoms in total. The maximum absolute atomic E-state index is 12.0. The van der Waals surface area contributed by atoms with Crippen LogP contribution in [0.25, 0.3) is 0 Å². The Kier molecular flexibility index (Phi) is 4.99. The molecule has 0 amide bonds. The lowest BCUT2D eigenvalue weighted by Gasteiger charge is -2.13. The third kappa shape index (κ3) is 3.85. The van der Waals surface area contributed by atoms with Gasteiger partial charge >= 0.3 is 5.97 Å². The van der Waals surface area contributed by atoms with E-state index < -0.39 is 0 Å². The number of esters is 1. The van der Waals surface area contributed by atoms with Gasteiger partial charge in [-0.2, -0.15) is 0 Å². The molecule has 0 heterocycles. The second-order valence-electron chi connectivity index (χ2n) is 5.00. The highest BCUT2D eigenvalue weighted by Crippen LogP contribution is 2.33. The highest BCUT2D eigenvalue weighted by atomic mass is 16.6. The van der Waals surface area contributed by atoms with E-state index in [1.165, 1.54) is 0 Å². The number of aryl methyl sites for hydroxylation is 2. The third-order valence-electron chi connectivity index (χ3n) is 3.54. The second kappa shape index (κ2) is 6.93. The van der Waals surface area contributed by atoms with Gasteiger partial charge in [0.15, 0.2) is 11.5 Å². The molecule has 3 heteroatoms. The molecule has 110 valence electrons. The molecule has 2 rings (SSSR count). The Labute approximate surface area is 125 Å². The van der Waals surface area contributed by atoms with Gasteiger partial charge in [-0.1, -0.05) is 36.4 Å². The SMILES string of the molecule is COc1ccc(C)c(C)c1OC(=O)CCc1ccccc1. The monoisotopic (exact) mass is 284 g/mol. The average molecular weight is 284 g/mol. The number of carbonyl (C=O) groups excluding carboxylic acids is 1. The van der Waals surface area contributed by atoms with Crippen LogP contribution in [-0.4, -0.2) is 13.1 Å². The molecule has 0 spiro atoms. The standard InChI is InChI=1S/C18H20O3/c1-13-9-11-16(20-3)18(14(13)2)21-17(19)12-10-15-7-5-4-6-8-15/h4-9,11H,10,12H2,1-3H3. The Bertz CT molecular complexity index is 618. The average Bonchev–Trinajstić information content (AvgIpc) is 2.51. The first-order valence-electron chi connectivity index (χ1n) is 7.00. The summed E-state index contributed by atoms with van der Waals surface area (Å²) in [6, 6.07) is 13.7. The summed E-state index contributed by atoms with van der Waals surface area (Å²) in [6.07, 6.45) is 1.02. The molecule has 0 saturated heterocycles. The van der Waals surface area contributed by atoms with Crippen molar-refractivity contribution in [2.45, 2.75) is 26.7 Å². The molecule has 0 N–H and O–H groups in total. The van der Waals surface area contributed by atoms with Crippen LogP contribution in [0.15, 0.2) is 42.5 Å². The minimum Gasteiger partial charge on any atom is -0.493 e. The van der Waals surface area contributed by atoms with Crippen molar-refractivity contribution in [3.8, 4) is 11.5 Å². The fourth-order valence-corrected chi connectivity index (χ4v) is 2.11. The van der Waals surface area contributed by atoms with Gasteiger partial charge in [-0.3, -0.25) is 4.79 Å². The van der Waals surface area contributed by atoms with Gasteiger partial charge in [-0.15, -0.1) is 0 Å². The van der Waals surface area contributed by atoms with Crippen molar-refractivity contribution in [3.05, 3.63) is 59.2 Å². The Hall–Kier alpha value is -2.29. The van der Waals surface area contributed by atoms with Crippen LogP contribution in [0, 0.1) is 13.8 Å². The van der Waals surface area contributed by atoms with Crippen molar-refractivity contribution in [1.82, 2.24) is 0 Å². The van der Waals surface area contributed by atoms with E-state index in [0.29, 0.717) is 24.3 Å². The first kappa shape index (κ1) is 15.1. The van der Waals surface area contributed by atoms with Crippen LogP contribution in [0.5, 0.6) is 11.5 Å². The summed E-state index contributed by atoms with van der Waals surface area (Å²) in [4.78, 5) is 12.0. The van der Waals surface area contributed by atoms with Crippen molar-refractivity contribution in [3.63, 3.8) is 0 Å². The van der Waals surface area contributed by atoms with Crippen molar-refractivity contribution in [1.29, 1.82) is 0 Å². The molecular formula is C18H20O3. The van der Waals surface area contributed by atoms with Crippen molar-refractivity contribution in [2.24, 2.45) is 0 Å². The smallest absolute Gasteiger partial charge is 0.311 e. The van der Waals surface area contributed by atoms with Crippen LogP contribution < -0.4 is 9.47 Å². The maximum atomic E-state index is 12.0. The van der Waals surface area contributed by atoms with Gasteiger partial charge in [0, 0.05) is 6.42 Å². The Morgan fingerprint density at radius 3 is 2.43 bits per heavy atom. The molecule has 0 aliphatic carbocycles. The van der Waals surface area contributed by atoms with E-state index in [-0.39, 0.29) is 5.97 Å². The van der Waals surface area contributed by atoms with E-state index in [4.69, 9.17) is 9.47 Å². The Balaban J connectivity index is 2.04. The van der Waals surface area contributed by atoms with Gasteiger partial charge in [0.25, 0.3) is 0 Å². The lowest BCUT2D eigenvalue weighted by molar-refractivity contribution is -0.134. The van der Waals surface area contributed by atoms with Gasteiger partial charge in [-0.05, 0) is 43.0 Å². The lowest BCUT2D eigenvalue weighted by Crippen LogP contribution is -2.11. The van der Waals surface area contributed by atoms with Crippen LogP contribution in [0.2, 0.25) is 0 Å². The van der Waals surface area contributed by atoms with Crippen LogP contribution in [-0.2, 0) is 11.2 Å². The summed E-state index contributed by atoms with van der Waals surface area (Å²) in [6.45, 7) is 3.91. The normalized spacial score (nSPS) is 10.2. The number of rotatable bonds is 5. The molecule has 21 heavy (non-hydrogen) atoms. The molecule has 0 aromatic heterocycles. The number of methoxy groups -OCH3 is 1. The Morgan fingerprint density at radius 1 is 1.05 bits per heavy atom. The van der Waals surface area contributed by atoms with E-state index >= 15 is 0 Å². The van der Waals surface area contributed by atoms with E-state index in [0.717, 1.165) is 16.7 Å². The molecule has 0 unspecified atom stereocenters. The van der Waals surface area contributed by atoms with Crippen LogP contribution in [0.1, 0.15) is 23.1 Å². The summed E-state index contributed by atoms with van der Waals surface area (Å²) in [7, 11) is 1.57. The zero-order chi connectivity index (χ0) is 15.2. The first-order chi connectivity index (χ1) is 10.1. The maximum Gasteiger partial charge on any atom is 0.311 e. The van der Waals surface area contributed by atoms with E-state index in [1.54, 1.807) is 7.11 Å². The molecule has 0 radical (unpaired) electrons. The van der Waals surface area contributed by atoms with Gasteiger partial charge in [0.05, 0.1) is 7.11 Å². The van der Waals surface area contributed by atoms with E-state index in [9.17, 15) is 4.79 Å². The minimum atomic E-state index is -0.245. The molecule has 0 aliphatic heterocycles. The predicted molar refractivity (Wildman–Crippen MR) is 82.9 cm³/mol.